The van der Waals surface area contributed by atoms with E-state index in [1.807, 2.05) is 19.9 Å². The van der Waals surface area contributed by atoms with E-state index in [0.29, 0.717) is 12.2 Å². The summed E-state index contributed by atoms with van der Waals surface area (Å²) in [5.41, 5.74) is 2.90. The zero-order chi connectivity index (χ0) is 23.0. The highest BCUT2D eigenvalue weighted by Crippen LogP contribution is 2.44. The maximum atomic E-state index is 14.3. The minimum atomic E-state index is -2.74. The molecule has 6 rings (SSSR count). The fourth-order valence-corrected chi connectivity index (χ4v) is 6.18. The second-order valence-corrected chi connectivity index (χ2v) is 10.00. The minimum Gasteiger partial charge on any atom is -0.363 e. The third kappa shape index (κ3) is 3.20. The summed E-state index contributed by atoms with van der Waals surface area (Å²) < 4.78 is 28.6. The first-order chi connectivity index (χ1) is 15.8. The van der Waals surface area contributed by atoms with Crippen LogP contribution in [0.1, 0.15) is 54.7 Å². The predicted octanol–water partition coefficient (Wildman–Crippen LogP) is 3.19. The van der Waals surface area contributed by atoms with Crippen LogP contribution in [0.2, 0.25) is 0 Å². The third-order valence-electron chi connectivity index (χ3n) is 7.89. The number of benzene rings is 1. The van der Waals surface area contributed by atoms with Crippen molar-refractivity contribution in [3.8, 4) is 0 Å². The van der Waals surface area contributed by atoms with E-state index in [-0.39, 0.29) is 23.6 Å². The van der Waals surface area contributed by atoms with E-state index in [9.17, 15) is 8.78 Å². The van der Waals surface area contributed by atoms with Gasteiger partial charge in [0.15, 0.2) is 0 Å². The molecule has 2 saturated heterocycles. The molecule has 4 heterocycles. The molecule has 1 aliphatic carbocycles. The summed E-state index contributed by atoms with van der Waals surface area (Å²) in [6.45, 7) is 11.5. The zero-order valence-corrected chi connectivity index (χ0v) is 19.2. The Hall–Kier alpha value is -2.80. The van der Waals surface area contributed by atoms with E-state index in [1.165, 1.54) is 0 Å². The third-order valence-corrected chi connectivity index (χ3v) is 7.89. The fourth-order valence-electron chi connectivity index (χ4n) is 6.18. The first-order valence-electron chi connectivity index (χ1n) is 11.8. The van der Waals surface area contributed by atoms with Crippen LogP contribution in [0.15, 0.2) is 30.5 Å². The molecule has 5 nitrogen and oxygen atoms in total. The zero-order valence-electron chi connectivity index (χ0n) is 19.2. The molecule has 1 aromatic carbocycles. The van der Waals surface area contributed by atoms with Crippen molar-refractivity contribution in [2.45, 2.75) is 57.0 Å². The summed E-state index contributed by atoms with van der Waals surface area (Å²) in [4.78, 5) is 14.2. The molecule has 0 amide bonds. The number of hydrogen-bond acceptors (Lipinski definition) is 5. The van der Waals surface area contributed by atoms with E-state index >= 15 is 0 Å². The lowest BCUT2D eigenvalue weighted by molar-refractivity contribution is -0.00184. The Balaban J connectivity index is 1.40. The average Bonchev–Trinajstić information content (AvgIpc) is 3.47. The Kier molecular flexibility index (Phi) is 4.47. The second-order valence-electron chi connectivity index (χ2n) is 10.00. The number of piperidine rings is 1. The molecule has 3 aliphatic heterocycles. The van der Waals surface area contributed by atoms with E-state index in [0.717, 1.165) is 65.7 Å². The summed E-state index contributed by atoms with van der Waals surface area (Å²) in [6, 6.07) is 5.09. The molecule has 2 aromatic rings. The number of fused-ring (bicyclic) bond motifs is 4. The van der Waals surface area contributed by atoms with Gasteiger partial charge in [-0.05, 0) is 50.3 Å². The van der Waals surface area contributed by atoms with Crippen LogP contribution in [0.25, 0.3) is 12.3 Å². The lowest BCUT2D eigenvalue weighted by Gasteiger charge is -2.40. The molecule has 1 N–H and O–H groups in total. The quantitative estimate of drug-likeness (QED) is 0.777. The van der Waals surface area contributed by atoms with Gasteiger partial charge in [-0.25, -0.2) is 18.7 Å². The number of hydrogen-bond donors (Lipinski definition) is 1. The summed E-state index contributed by atoms with van der Waals surface area (Å²) in [6.07, 6.45) is 6.75. The van der Waals surface area contributed by atoms with Crippen LogP contribution in [0.5, 0.6) is 0 Å². The number of alkyl halides is 2. The standard InChI is InChI=1S/C26H29F2N5/c1-16-13-23-21(14-33(16)25-9-11-32(15-25)12-10-25)24(31-18(3)30-23)29-17(2)19-5-4-6-22-20(19)7-8-26(22,27)28/h4-6,13-14,17H,1,7-12,15H2,2-3H3,(H,29,30,31). The number of aryl methyl sites for hydroxylation is 1. The van der Waals surface area contributed by atoms with Gasteiger partial charge in [0.1, 0.15) is 11.6 Å². The number of aromatic nitrogens is 2. The average molecular weight is 450 g/mol. The molecule has 33 heavy (non-hydrogen) atoms. The molecule has 2 bridgehead atoms. The van der Waals surface area contributed by atoms with E-state index < -0.39 is 5.92 Å². The van der Waals surface area contributed by atoms with Gasteiger partial charge < -0.3 is 15.1 Å². The van der Waals surface area contributed by atoms with Gasteiger partial charge in [-0.2, -0.15) is 0 Å². The molecule has 2 fully saturated rings. The summed E-state index contributed by atoms with van der Waals surface area (Å²) in [5.74, 6) is -1.33. The number of nitrogens with zero attached hydrogens (tertiary/aromatic N) is 4. The van der Waals surface area contributed by atoms with E-state index in [2.05, 4.69) is 39.0 Å². The molecule has 1 unspecified atom stereocenters. The Labute approximate surface area is 192 Å². The molecule has 0 saturated carbocycles. The van der Waals surface area contributed by atoms with Crippen molar-refractivity contribution >= 4 is 18.1 Å². The lowest BCUT2D eigenvalue weighted by atomic mass is 9.92. The molecular formula is C26H29F2N5. The highest BCUT2D eigenvalue weighted by molar-refractivity contribution is 5.58. The fraction of sp³-hybridized carbons (Fsp3) is 0.462. The van der Waals surface area contributed by atoms with Crippen molar-refractivity contribution in [3.63, 3.8) is 0 Å². The van der Waals surface area contributed by atoms with Crippen molar-refractivity contribution in [1.29, 1.82) is 0 Å². The van der Waals surface area contributed by atoms with Crippen molar-refractivity contribution in [2.75, 3.05) is 25.0 Å². The van der Waals surface area contributed by atoms with Crippen molar-refractivity contribution in [2.24, 2.45) is 0 Å². The highest BCUT2D eigenvalue weighted by Gasteiger charge is 2.48. The van der Waals surface area contributed by atoms with Crippen LogP contribution >= 0.6 is 0 Å². The SMILES string of the molecule is C=C1C=c2nc(C)nc(NC(C)c3cccc4c3CCC4(F)F)c2=CN1C12CCN(CC1)C2. The number of nitrogens with one attached hydrogen (secondary N) is 1. The Morgan fingerprint density at radius 1 is 1.15 bits per heavy atom. The van der Waals surface area contributed by atoms with Crippen LogP contribution < -0.4 is 15.9 Å². The Morgan fingerprint density at radius 2 is 1.94 bits per heavy atom. The van der Waals surface area contributed by atoms with Gasteiger partial charge in [0.25, 0.3) is 5.92 Å². The van der Waals surface area contributed by atoms with E-state index in [4.69, 9.17) is 4.98 Å². The normalized spacial score (nSPS) is 27.6. The first-order valence-corrected chi connectivity index (χ1v) is 11.8. The van der Waals surface area contributed by atoms with Gasteiger partial charge in [-0.1, -0.05) is 24.8 Å². The van der Waals surface area contributed by atoms with Crippen LogP contribution in [0.4, 0.5) is 14.6 Å². The number of halogens is 2. The molecule has 0 radical (unpaired) electrons. The van der Waals surface area contributed by atoms with Crippen molar-refractivity contribution in [1.82, 2.24) is 19.8 Å². The van der Waals surface area contributed by atoms with Gasteiger partial charge in [0.2, 0.25) is 0 Å². The minimum absolute atomic E-state index is 0.0882. The maximum Gasteiger partial charge on any atom is 0.273 e. The monoisotopic (exact) mass is 449 g/mol. The molecular weight excluding hydrogens is 420 g/mol. The largest absolute Gasteiger partial charge is 0.363 e. The van der Waals surface area contributed by atoms with E-state index in [1.54, 1.807) is 12.1 Å². The topological polar surface area (TPSA) is 44.3 Å². The number of anilines is 1. The van der Waals surface area contributed by atoms with Crippen molar-refractivity contribution in [3.05, 3.63) is 63.6 Å². The molecule has 0 spiro atoms. The second kappa shape index (κ2) is 7.10. The molecule has 1 aromatic heterocycles. The highest BCUT2D eigenvalue weighted by atomic mass is 19.3. The van der Waals surface area contributed by atoms with Gasteiger partial charge in [0, 0.05) is 43.5 Å². The van der Waals surface area contributed by atoms with Crippen molar-refractivity contribution < 1.29 is 8.78 Å². The first kappa shape index (κ1) is 20.8. The number of rotatable bonds is 4. The molecule has 172 valence electrons. The van der Waals surface area contributed by atoms with Gasteiger partial charge in [-0.3, -0.25) is 0 Å². The molecule has 4 aliphatic rings. The summed E-state index contributed by atoms with van der Waals surface area (Å²) >= 11 is 0. The van der Waals surface area contributed by atoms with Crippen LogP contribution in [-0.2, 0) is 12.3 Å². The lowest BCUT2D eigenvalue weighted by Crippen LogP contribution is -2.49. The van der Waals surface area contributed by atoms with Crippen LogP contribution in [-0.4, -0.2) is 44.9 Å². The Morgan fingerprint density at radius 3 is 2.67 bits per heavy atom. The van der Waals surface area contributed by atoms with Crippen LogP contribution in [0.3, 0.4) is 0 Å². The van der Waals surface area contributed by atoms with Gasteiger partial charge >= 0.3 is 0 Å². The van der Waals surface area contributed by atoms with Gasteiger partial charge in [-0.15, -0.1) is 0 Å². The summed E-state index contributed by atoms with van der Waals surface area (Å²) in [7, 11) is 0. The molecule has 1 atom stereocenters. The maximum absolute atomic E-state index is 14.3. The van der Waals surface area contributed by atoms with Crippen LogP contribution in [0, 0.1) is 6.92 Å². The smallest absolute Gasteiger partial charge is 0.273 e. The Bertz CT molecular complexity index is 1280. The predicted molar refractivity (Wildman–Crippen MR) is 125 cm³/mol. The molecule has 7 heteroatoms. The van der Waals surface area contributed by atoms with Gasteiger partial charge in [0.05, 0.1) is 22.1 Å². The summed E-state index contributed by atoms with van der Waals surface area (Å²) in [5, 5.41) is 5.33. The number of allylic oxidation sites excluding steroid dienone is 1.